The van der Waals surface area contributed by atoms with Gasteiger partial charge < -0.3 is 29.6 Å². The van der Waals surface area contributed by atoms with E-state index in [1.807, 2.05) is 19.9 Å². The van der Waals surface area contributed by atoms with Gasteiger partial charge in [-0.15, -0.1) is 0 Å². The molecule has 34 heavy (non-hydrogen) atoms. The van der Waals surface area contributed by atoms with Crippen molar-refractivity contribution in [1.29, 1.82) is 0 Å². The molecule has 0 heterocycles. The molecule has 0 saturated heterocycles. The third-order valence-corrected chi connectivity index (χ3v) is 4.80. The molecule has 0 radical (unpaired) electrons. The average molecular weight is 481 g/mol. The number of amides is 2. The molecule has 1 aromatic carbocycles. The smallest absolute Gasteiger partial charge is 0.408 e. The minimum Gasteiger partial charge on any atom is -0.469 e. The van der Waals surface area contributed by atoms with Gasteiger partial charge in [0.1, 0.15) is 18.7 Å². The number of esters is 3. The third-order valence-electron chi connectivity index (χ3n) is 4.80. The van der Waals surface area contributed by atoms with E-state index in [-0.39, 0.29) is 18.9 Å². The number of nitrogens with one attached hydrogen (secondary N) is 2. The highest BCUT2D eigenvalue weighted by molar-refractivity contribution is 5.93. The number of ether oxygens (including phenoxy) is 4. The Balaban J connectivity index is 3.01. The van der Waals surface area contributed by atoms with Crippen LogP contribution in [0.3, 0.4) is 0 Å². The number of rotatable bonds is 12. The van der Waals surface area contributed by atoms with Gasteiger partial charge in [-0.05, 0) is 17.9 Å². The molecule has 11 heteroatoms. The standard InChI is InChI=1S/C23H32N2O9/c1-14(2)11-17(24-23(30)34-13-15-9-7-6-8-10-15)20(27)25-19(22(29)33-5)16(21(28)32-4)12-18(26)31-3/h6-10,14,16-17,19H,11-13H2,1-5H3,(H,24,30)(H,25,27)/t16-,17-,19-/m0/s1. The van der Waals surface area contributed by atoms with E-state index in [0.717, 1.165) is 26.9 Å². The number of hydrogen-bond donors (Lipinski definition) is 2. The van der Waals surface area contributed by atoms with Crippen molar-refractivity contribution in [2.45, 2.75) is 45.4 Å². The summed E-state index contributed by atoms with van der Waals surface area (Å²) >= 11 is 0. The van der Waals surface area contributed by atoms with Gasteiger partial charge in [0.15, 0.2) is 0 Å². The average Bonchev–Trinajstić information content (AvgIpc) is 2.83. The maximum absolute atomic E-state index is 13.0. The van der Waals surface area contributed by atoms with E-state index in [4.69, 9.17) is 9.47 Å². The summed E-state index contributed by atoms with van der Waals surface area (Å²) in [5, 5.41) is 4.89. The van der Waals surface area contributed by atoms with Gasteiger partial charge in [0.05, 0.1) is 33.7 Å². The first kappa shape index (κ1) is 28.4. The van der Waals surface area contributed by atoms with Gasteiger partial charge in [0, 0.05) is 0 Å². The Hall–Kier alpha value is -3.63. The van der Waals surface area contributed by atoms with E-state index in [1.165, 1.54) is 0 Å². The molecular formula is C23H32N2O9. The predicted molar refractivity (Wildman–Crippen MR) is 119 cm³/mol. The zero-order chi connectivity index (χ0) is 25.7. The Labute approximate surface area is 198 Å². The Kier molecular flexibility index (Phi) is 12.1. The van der Waals surface area contributed by atoms with E-state index < -0.39 is 54.3 Å². The third kappa shape index (κ3) is 9.47. The number of alkyl carbamates (subject to hydrolysis) is 1. The van der Waals surface area contributed by atoms with Crippen molar-refractivity contribution in [2.75, 3.05) is 21.3 Å². The van der Waals surface area contributed by atoms with Crippen molar-refractivity contribution < 1.29 is 42.9 Å². The van der Waals surface area contributed by atoms with E-state index in [0.29, 0.717) is 0 Å². The first-order chi connectivity index (χ1) is 16.1. The summed E-state index contributed by atoms with van der Waals surface area (Å²) in [5.41, 5.74) is 0.761. The molecule has 0 fully saturated rings. The molecule has 0 aliphatic rings. The minimum atomic E-state index is -1.55. The maximum atomic E-state index is 13.0. The molecule has 3 atom stereocenters. The van der Waals surface area contributed by atoms with Crippen molar-refractivity contribution in [2.24, 2.45) is 11.8 Å². The van der Waals surface area contributed by atoms with E-state index in [1.54, 1.807) is 24.3 Å². The fourth-order valence-electron chi connectivity index (χ4n) is 3.07. The zero-order valence-corrected chi connectivity index (χ0v) is 20.0. The summed E-state index contributed by atoms with van der Waals surface area (Å²) in [6.45, 7) is 3.67. The largest absolute Gasteiger partial charge is 0.469 e. The van der Waals surface area contributed by atoms with Crippen LogP contribution >= 0.6 is 0 Å². The first-order valence-electron chi connectivity index (χ1n) is 10.6. The first-order valence-corrected chi connectivity index (χ1v) is 10.6. The number of methoxy groups -OCH3 is 3. The second kappa shape index (κ2) is 14.5. The lowest BCUT2D eigenvalue weighted by molar-refractivity contribution is -0.159. The van der Waals surface area contributed by atoms with E-state index in [2.05, 4.69) is 20.1 Å². The number of carbonyl (C=O) groups excluding carboxylic acids is 5. The Morgan fingerprint density at radius 2 is 1.47 bits per heavy atom. The van der Waals surface area contributed by atoms with E-state index in [9.17, 15) is 24.0 Å². The van der Waals surface area contributed by atoms with Gasteiger partial charge in [-0.3, -0.25) is 14.4 Å². The number of benzene rings is 1. The summed E-state index contributed by atoms with van der Waals surface area (Å²) in [5.74, 6) is -4.87. The molecular weight excluding hydrogens is 448 g/mol. The SMILES string of the molecule is COC(=O)C[C@H](C(=O)OC)[C@H](NC(=O)[C@H](CC(C)C)NC(=O)OCc1ccccc1)C(=O)OC. The van der Waals surface area contributed by atoms with Crippen LogP contribution in [0.25, 0.3) is 0 Å². The van der Waals surface area contributed by atoms with Crippen molar-refractivity contribution in [3.63, 3.8) is 0 Å². The lowest BCUT2D eigenvalue weighted by Crippen LogP contribution is -2.56. The predicted octanol–water partition coefficient (Wildman–Crippen LogP) is 1.34. The van der Waals surface area contributed by atoms with Crippen LogP contribution in [0.4, 0.5) is 4.79 Å². The highest BCUT2D eigenvalue weighted by Gasteiger charge is 2.40. The molecule has 0 unspecified atom stereocenters. The molecule has 0 aliphatic heterocycles. The van der Waals surface area contributed by atoms with E-state index >= 15 is 0 Å². The number of carbonyl (C=O) groups is 5. The van der Waals surface area contributed by atoms with Crippen LogP contribution in [0.2, 0.25) is 0 Å². The molecule has 0 aliphatic carbocycles. The van der Waals surface area contributed by atoms with Crippen molar-refractivity contribution >= 4 is 29.9 Å². The van der Waals surface area contributed by atoms with Crippen LogP contribution in [0.5, 0.6) is 0 Å². The van der Waals surface area contributed by atoms with Gasteiger partial charge in [-0.25, -0.2) is 9.59 Å². The van der Waals surface area contributed by atoms with Crippen LogP contribution in [0.1, 0.15) is 32.3 Å². The van der Waals surface area contributed by atoms with Crippen LogP contribution in [-0.2, 0) is 44.7 Å². The Morgan fingerprint density at radius 3 is 2.00 bits per heavy atom. The van der Waals surface area contributed by atoms with Crippen molar-refractivity contribution in [3.05, 3.63) is 35.9 Å². The highest BCUT2D eigenvalue weighted by Crippen LogP contribution is 2.16. The molecule has 0 saturated carbocycles. The van der Waals surface area contributed by atoms with Crippen LogP contribution in [0, 0.1) is 11.8 Å². The van der Waals surface area contributed by atoms with Gasteiger partial charge in [0.25, 0.3) is 0 Å². The minimum absolute atomic E-state index is 0.00296. The van der Waals surface area contributed by atoms with Crippen molar-refractivity contribution in [3.8, 4) is 0 Å². The summed E-state index contributed by atoms with van der Waals surface area (Å²) in [4.78, 5) is 61.8. The Morgan fingerprint density at radius 1 is 0.853 bits per heavy atom. The van der Waals surface area contributed by atoms with Crippen LogP contribution < -0.4 is 10.6 Å². The van der Waals surface area contributed by atoms with Gasteiger partial charge in [0.2, 0.25) is 5.91 Å². The summed E-state index contributed by atoms with van der Waals surface area (Å²) in [6.07, 6.45) is -1.16. The van der Waals surface area contributed by atoms with Gasteiger partial charge in [-0.2, -0.15) is 0 Å². The maximum Gasteiger partial charge on any atom is 0.408 e. The van der Waals surface area contributed by atoms with Crippen LogP contribution in [0.15, 0.2) is 30.3 Å². The molecule has 1 rings (SSSR count). The lowest BCUT2D eigenvalue weighted by Gasteiger charge is -2.26. The molecule has 2 N–H and O–H groups in total. The fraction of sp³-hybridized carbons (Fsp3) is 0.522. The lowest BCUT2D eigenvalue weighted by atomic mass is 9.95. The quantitative estimate of drug-likeness (QED) is 0.334. The molecule has 0 spiro atoms. The molecule has 11 nitrogen and oxygen atoms in total. The van der Waals surface area contributed by atoms with Gasteiger partial charge >= 0.3 is 24.0 Å². The second-order valence-corrected chi connectivity index (χ2v) is 7.81. The van der Waals surface area contributed by atoms with Crippen LogP contribution in [-0.4, -0.2) is 63.3 Å². The summed E-state index contributed by atoms with van der Waals surface area (Å²) in [7, 11) is 3.26. The summed E-state index contributed by atoms with van der Waals surface area (Å²) in [6, 6.07) is 6.33. The highest BCUT2D eigenvalue weighted by atomic mass is 16.6. The monoisotopic (exact) mass is 480 g/mol. The second-order valence-electron chi connectivity index (χ2n) is 7.81. The Bertz CT molecular complexity index is 842. The topological polar surface area (TPSA) is 146 Å². The fourth-order valence-corrected chi connectivity index (χ4v) is 3.07. The molecule has 1 aromatic rings. The van der Waals surface area contributed by atoms with Crippen molar-refractivity contribution in [1.82, 2.24) is 10.6 Å². The molecule has 0 aromatic heterocycles. The van der Waals surface area contributed by atoms with Gasteiger partial charge in [-0.1, -0.05) is 44.2 Å². The normalized spacial score (nSPS) is 13.1. The molecule has 2 amide bonds. The molecule has 0 bridgehead atoms. The number of hydrogen-bond acceptors (Lipinski definition) is 9. The molecule has 188 valence electrons. The summed E-state index contributed by atoms with van der Waals surface area (Å²) < 4.78 is 19.1. The zero-order valence-electron chi connectivity index (χ0n) is 20.0.